The minimum absolute atomic E-state index is 0.0429. The van der Waals surface area contributed by atoms with Crippen molar-refractivity contribution < 1.29 is 14.3 Å². The fraction of sp³-hybridized carbons (Fsp3) is 0.250. The van der Waals surface area contributed by atoms with E-state index in [4.69, 9.17) is 15.2 Å². The molecule has 5 rings (SSSR count). The predicted molar refractivity (Wildman–Crippen MR) is 133 cm³/mol. The fourth-order valence-electron chi connectivity index (χ4n) is 3.83. The first-order chi connectivity index (χ1) is 17.0. The van der Waals surface area contributed by atoms with Crippen LogP contribution in [0, 0.1) is 0 Å². The number of aromatic nitrogens is 3. The molecule has 4 N–H and O–H groups in total. The van der Waals surface area contributed by atoms with Crippen LogP contribution < -0.4 is 26.7 Å². The van der Waals surface area contributed by atoms with Gasteiger partial charge in [-0.2, -0.15) is 0 Å². The van der Waals surface area contributed by atoms with Crippen LogP contribution in [0.25, 0.3) is 11.0 Å². The molecule has 0 aliphatic carbocycles. The van der Waals surface area contributed by atoms with Crippen molar-refractivity contribution in [3.63, 3.8) is 0 Å². The molecule has 35 heavy (non-hydrogen) atoms. The molecule has 3 aromatic rings. The van der Waals surface area contributed by atoms with Crippen molar-refractivity contribution in [2.75, 3.05) is 24.8 Å². The quantitative estimate of drug-likeness (QED) is 0.451. The second-order valence-corrected chi connectivity index (χ2v) is 9.07. The molecule has 180 valence electrons. The van der Waals surface area contributed by atoms with Crippen LogP contribution in [0.3, 0.4) is 0 Å². The maximum Gasteiger partial charge on any atom is 0.269 e. The van der Waals surface area contributed by atoms with E-state index in [-0.39, 0.29) is 18.0 Å². The van der Waals surface area contributed by atoms with Gasteiger partial charge in [-0.1, -0.05) is 0 Å². The van der Waals surface area contributed by atoms with Crippen LogP contribution in [-0.4, -0.2) is 46.0 Å². The largest absolute Gasteiger partial charge is 0.497 e. The van der Waals surface area contributed by atoms with Crippen LogP contribution in [-0.2, 0) is 22.6 Å². The number of benzene rings is 1. The number of nitrogens with two attached hydrogens (primary N) is 1. The molecule has 1 atom stereocenters. The third kappa shape index (κ3) is 5.00. The molecule has 0 unspecified atom stereocenters. The van der Waals surface area contributed by atoms with Gasteiger partial charge in [0.1, 0.15) is 23.9 Å². The first-order valence-electron chi connectivity index (χ1n) is 11.0. The van der Waals surface area contributed by atoms with E-state index in [1.165, 1.54) is 18.0 Å². The molecule has 2 aliphatic heterocycles. The molecule has 1 amide bonds. The molecule has 1 aromatic carbocycles. The van der Waals surface area contributed by atoms with E-state index in [1.807, 2.05) is 24.3 Å². The number of hydrogen-bond acceptors (Lipinski definition) is 9. The summed E-state index contributed by atoms with van der Waals surface area (Å²) in [5.41, 5.74) is 9.15. The van der Waals surface area contributed by atoms with Crippen LogP contribution in [0.5, 0.6) is 5.75 Å². The SMILES string of the molecule is COc1ccc2ncc(=O)n(C[C@H](N)C3=CC=C(NCc4ccc5c(n4)NC(=O)CS5)CO3)c2c1. The standard InChI is InChI=1S/C24H24N6O4S/c1-33-16-4-5-18-19(8-16)30(23(32)10-27-18)11-17(25)20-6-2-15(12-34-20)26-9-14-3-7-21-24(28-14)29-22(31)13-35-21/h2-8,10,17,26H,9,11-13,25H2,1H3,(H,28,29,31)/t17-/m0/s1. The van der Waals surface area contributed by atoms with Gasteiger partial charge in [0.05, 0.1) is 53.3 Å². The summed E-state index contributed by atoms with van der Waals surface area (Å²) >= 11 is 1.48. The molecule has 0 radical (unpaired) electrons. The predicted octanol–water partition coefficient (Wildman–Crippen LogP) is 1.76. The van der Waals surface area contributed by atoms with Crippen LogP contribution in [0.1, 0.15) is 5.69 Å². The number of rotatable bonds is 7. The van der Waals surface area contributed by atoms with Gasteiger partial charge in [0, 0.05) is 18.3 Å². The van der Waals surface area contributed by atoms with Gasteiger partial charge in [0.15, 0.2) is 0 Å². The highest BCUT2D eigenvalue weighted by atomic mass is 32.2. The summed E-state index contributed by atoms with van der Waals surface area (Å²) in [4.78, 5) is 33.8. The van der Waals surface area contributed by atoms with Crippen molar-refractivity contribution in [1.29, 1.82) is 0 Å². The zero-order chi connectivity index (χ0) is 24.4. The van der Waals surface area contributed by atoms with Gasteiger partial charge in [-0.25, -0.2) is 9.97 Å². The number of fused-ring (bicyclic) bond motifs is 2. The van der Waals surface area contributed by atoms with Gasteiger partial charge >= 0.3 is 0 Å². The fourth-order valence-corrected chi connectivity index (χ4v) is 4.59. The zero-order valence-electron chi connectivity index (χ0n) is 19.0. The van der Waals surface area contributed by atoms with Crippen molar-refractivity contribution in [1.82, 2.24) is 19.9 Å². The Labute approximate surface area is 205 Å². The van der Waals surface area contributed by atoms with Gasteiger partial charge in [0.2, 0.25) is 5.91 Å². The van der Waals surface area contributed by atoms with E-state index in [9.17, 15) is 9.59 Å². The van der Waals surface area contributed by atoms with E-state index in [1.54, 1.807) is 29.9 Å². The Morgan fingerprint density at radius 1 is 1.29 bits per heavy atom. The van der Waals surface area contributed by atoms with E-state index < -0.39 is 6.04 Å². The average Bonchev–Trinajstić information content (AvgIpc) is 2.88. The average molecular weight is 493 g/mol. The van der Waals surface area contributed by atoms with Gasteiger partial charge in [0.25, 0.3) is 5.56 Å². The molecular formula is C24H24N6O4S. The normalized spacial score (nSPS) is 15.9. The number of pyridine rings is 1. The highest BCUT2D eigenvalue weighted by molar-refractivity contribution is 8.00. The molecular weight excluding hydrogens is 468 g/mol. The zero-order valence-corrected chi connectivity index (χ0v) is 19.8. The maximum atomic E-state index is 12.5. The number of allylic oxidation sites excluding steroid dienone is 2. The number of carbonyl (C=O) groups excluding carboxylic acids is 1. The van der Waals surface area contributed by atoms with E-state index >= 15 is 0 Å². The number of thioether (sulfide) groups is 1. The molecule has 0 saturated heterocycles. The number of amides is 1. The summed E-state index contributed by atoms with van der Waals surface area (Å²) in [6.07, 6.45) is 5.01. The summed E-state index contributed by atoms with van der Waals surface area (Å²) in [6, 6.07) is 8.75. The van der Waals surface area contributed by atoms with Gasteiger partial charge < -0.3 is 30.4 Å². The molecule has 0 saturated carbocycles. The molecule has 2 aliphatic rings. The lowest BCUT2D eigenvalue weighted by Crippen LogP contribution is -2.35. The first kappa shape index (κ1) is 22.9. The molecule has 0 spiro atoms. The number of nitrogens with one attached hydrogen (secondary N) is 2. The highest BCUT2D eigenvalue weighted by Gasteiger charge is 2.19. The van der Waals surface area contributed by atoms with Crippen molar-refractivity contribution in [3.8, 4) is 5.75 Å². The molecule has 0 fully saturated rings. The van der Waals surface area contributed by atoms with E-state index in [0.29, 0.717) is 47.3 Å². The van der Waals surface area contributed by atoms with E-state index in [0.717, 1.165) is 16.3 Å². The lowest BCUT2D eigenvalue weighted by molar-refractivity contribution is -0.113. The summed E-state index contributed by atoms with van der Waals surface area (Å²) in [7, 11) is 1.57. The van der Waals surface area contributed by atoms with Gasteiger partial charge in [-0.05, 0) is 36.4 Å². The summed E-state index contributed by atoms with van der Waals surface area (Å²) in [5, 5.41) is 6.10. The Morgan fingerprint density at radius 3 is 2.97 bits per heavy atom. The topological polar surface area (TPSA) is 133 Å². The Hall–Kier alpha value is -3.83. The monoisotopic (exact) mass is 492 g/mol. The second kappa shape index (κ2) is 9.80. The number of hydrogen-bond donors (Lipinski definition) is 3. The summed E-state index contributed by atoms with van der Waals surface area (Å²) in [5.74, 6) is 2.19. The lowest BCUT2D eigenvalue weighted by Gasteiger charge is -2.23. The molecule has 11 heteroatoms. The highest BCUT2D eigenvalue weighted by Crippen LogP contribution is 2.29. The number of methoxy groups -OCH3 is 1. The van der Waals surface area contributed by atoms with Crippen LogP contribution in [0.4, 0.5) is 5.82 Å². The summed E-state index contributed by atoms with van der Waals surface area (Å²) < 4.78 is 12.8. The van der Waals surface area contributed by atoms with Crippen molar-refractivity contribution in [2.24, 2.45) is 5.73 Å². The Bertz CT molecular complexity index is 1420. The molecule has 0 bridgehead atoms. The Balaban J connectivity index is 1.26. The summed E-state index contributed by atoms with van der Waals surface area (Å²) in [6.45, 7) is 1.03. The lowest BCUT2D eigenvalue weighted by atomic mass is 10.2. The third-order valence-electron chi connectivity index (χ3n) is 5.67. The van der Waals surface area contributed by atoms with Crippen LogP contribution >= 0.6 is 11.8 Å². The minimum atomic E-state index is -0.522. The van der Waals surface area contributed by atoms with Gasteiger partial charge in [-0.15, -0.1) is 11.8 Å². The van der Waals surface area contributed by atoms with E-state index in [2.05, 4.69) is 20.6 Å². The first-order valence-corrected chi connectivity index (χ1v) is 12.0. The maximum absolute atomic E-state index is 12.5. The third-order valence-corrected chi connectivity index (χ3v) is 6.72. The number of nitrogens with zero attached hydrogens (tertiary/aromatic N) is 3. The molecule has 10 nitrogen and oxygen atoms in total. The number of carbonyl (C=O) groups is 1. The van der Waals surface area contributed by atoms with Crippen molar-refractivity contribution in [3.05, 3.63) is 76.2 Å². The van der Waals surface area contributed by atoms with Crippen molar-refractivity contribution in [2.45, 2.75) is 24.0 Å². The smallest absolute Gasteiger partial charge is 0.269 e. The number of anilines is 1. The van der Waals surface area contributed by atoms with Crippen molar-refractivity contribution >= 4 is 34.5 Å². The second-order valence-electron chi connectivity index (χ2n) is 8.06. The Morgan fingerprint density at radius 2 is 2.17 bits per heavy atom. The van der Waals surface area contributed by atoms with Crippen LogP contribution in [0.2, 0.25) is 0 Å². The Kier molecular flexibility index (Phi) is 6.43. The minimum Gasteiger partial charge on any atom is -0.497 e. The number of ether oxygens (including phenoxy) is 2. The van der Waals surface area contributed by atoms with Gasteiger partial charge in [-0.3, -0.25) is 9.59 Å². The molecule has 2 aromatic heterocycles. The molecule has 4 heterocycles. The van der Waals surface area contributed by atoms with Crippen LogP contribution in [0.15, 0.2) is 69.8 Å².